The predicted molar refractivity (Wildman–Crippen MR) is 107 cm³/mol. The molecule has 0 spiro atoms. The number of hydrogen-bond acceptors (Lipinski definition) is 5. The molecule has 0 heterocycles. The van der Waals surface area contributed by atoms with Crippen molar-refractivity contribution < 1.29 is 22.7 Å². The van der Waals surface area contributed by atoms with Crippen molar-refractivity contribution in [3.63, 3.8) is 0 Å². The third-order valence-corrected chi connectivity index (χ3v) is 6.05. The number of nitrogens with zero attached hydrogens (tertiary/aromatic N) is 1. The van der Waals surface area contributed by atoms with Gasteiger partial charge in [-0.3, -0.25) is 4.79 Å². The molecule has 1 N–H and O–H groups in total. The molecule has 2 rings (SSSR count). The number of aryl methyl sites for hydroxylation is 1. The van der Waals surface area contributed by atoms with Gasteiger partial charge in [0.25, 0.3) is 0 Å². The first-order chi connectivity index (χ1) is 13.4. The number of rotatable bonds is 10. The molecule has 0 unspecified atom stereocenters. The fraction of sp³-hybridized carbons (Fsp3) is 0.350. The molecule has 152 valence electrons. The van der Waals surface area contributed by atoms with Gasteiger partial charge in [0.05, 0.1) is 25.7 Å². The molecule has 0 aliphatic rings. The zero-order valence-electron chi connectivity index (χ0n) is 16.3. The summed E-state index contributed by atoms with van der Waals surface area (Å²) in [6.07, 6.45) is 1.53. The molecule has 2 aromatic rings. The highest BCUT2D eigenvalue weighted by Gasteiger charge is 2.22. The molecule has 1 amide bonds. The summed E-state index contributed by atoms with van der Waals surface area (Å²) >= 11 is 0. The van der Waals surface area contributed by atoms with Gasteiger partial charge in [0.2, 0.25) is 15.9 Å². The zero-order valence-corrected chi connectivity index (χ0v) is 17.2. The molecule has 7 nitrogen and oxygen atoms in total. The maximum absolute atomic E-state index is 12.5. The molecule has 0 saturated heterocycles. The van der Waals surface area contributed by atoms with E-state index < -0.39 is 10.0 Å². The van der Waals surface area contributed by atoms with E-state index in [1.807, 2.05) is 24.3 Å². The number of sulfonamides is 1. The van der Waals surface area contributed by atoms with Gasteiger partial charge in [-0.1, -0.05) is 12.1 Å². The van der Waals surface area contributed by atoms with Crippen molar-refractivity contribution in [1.82, 2.24) is 9.62 Å². The summed E-state index contributed by atoms with van der Waals surface area (Å²) in [5, 5.41) is 2.76. The Balaban J connectivity index is 1.81. The fourth-order valence-corrected chi connectivity index (χ4v) is 3.75. The summed E-state index contributed by atoms with van der Waals surface area (Å²) in [5.41, 5.74) is 1.12. The average Bonchev–Trinajstić information content (AvgIpc) is 2.71. The van der Waals surface area contributed by atoms with E-state index in [0.29, 0.717) is 12.3 Å². The third kappa shape index (κ3) is 5.97. The predicted octanol–water partition coefficient (Wildman–Crippen LogP) is 2.07. The van der Waals surface area contributed by atoms with Crippen LogP contribution in [0.4, 0.5) is 0 Å². The van der Waals surface area contributed by atoms with Crippen LogP contribution in [0.15, 0.2) is 53.4 Å². The lowest BCUT2D eigenvalue weighted by atomic mass is 10.1. The summed E-state index contributed by atoms with van der Waals surface area (Å²) in [7, 11) is 0.776. The van der Waals surface area contributed by atoms with Crippen LogP contribution in [0.2, 0.25) is 0 Å². The highest BCUT2D eigenvalue weighted by molar-refractivity contribution is 7.89. The normalized spacial score (nSPS) is 11.3. The van der Waals surface area contributed by atoms with E-state index >= 15 is 0 Å². The van der Waals surface area contributed by atoms with Gasteiger partial charge in [-0.25, -0.2) is 8.42 Å². The minimum absolute atomic E-state index is 0.113. The lowest BCUT2D eigenvalue weighted by molar-refractivity contribution is -0.121. The Hall–Kier alpha value is -2.58. The summed E-state index contributed by atoms with van der Waals surface area (Å²) < 4.78 is 36.3. The van der Waals surface area contributed by atoms with E-state index in [1.165, 1.54) is 26.3 Å². The smallest absolute Gasteiger partial charge is 0.243 e. The molecule has 0 aliphatic carbocycles. The summed E-state index contributed by atoms with van der Waals surface area (Å²) in [5.74, 6) is 1.02. The standard InChI is InChI=1S/C20H26N2O5S/c1-22(28(24,25)19-11-9-17(26-2)10-12-19)15-20(23)21-13-5-7-16-6-4-8-18(14-16)27-3/h4,6,8-12,14H,5,7,13,15H2,1-3H3,(H,21,23). The second-order valence-corrected chi connectivity index (χ2v) is 8.29. The Kier molecular flexibility index (Phi) is 7.83. The van der Waals surface area contributed by atoms with Gasteiger partial charge in [0.1, 0.15) is 11.5 Å². The second-order valence-electron chi connectivity index (χ2n) is 6.24. The van der Waals surface area contributed by atoms with Crippen molar-refractivity contribution in [2.24, 2.45) is 0 Å². The minimum atomic E-state index is -3.74. The number of carbonyl (C=O) groups excluding carboxylic acids is 1. The van der Waals surface area contributed by atoms with Crippen molar-refractivity contribution in [2.45, 2.75) is 17.7 Å². The van der Waals surface area contributed by atoms with Crippen molar-refractivity contribution in [1.29, 1.82) is 0 Å². The Bertz CT molecular complexity index is 882. The first-order valence-electron chi connectivity index (χ1n) is 8.87. The van der Waals surface area contributed by atoms with Crippen LogP contribution in [-0.2, 0) is 21.2 Å². The minimum Gasteiger partial charge on any atom is -0.497 e. The van der Waals surface area contributed by atoms with Gasteiger partial charge in [0.15, 0.2) is 0 Å². The van der Waals surface area contributed by atoms with Gasteiger partial charge < -0.3 is 14.8 Å². The van der Waals surface area contributed by atoms with Crippen LogP contribution in [0.3, 0.4) is 0 Å². The number of carbonyl (C=O) groups is 1. The highest BCUT2D eigenvalue weighted by atomic mass is 32.2. The zero-order chi connectivity index (χ0) is 20.6. The third-order valence-electron chi connectivity index (χ3n) is 4.23. The number of hydrogen-bond donors (Lipinski definition) is 1. The van der Waals surface area contributed by atoms with E-state index in [4.69, 9.17) is 9.47 Å². The number of benzene rings is 2. The van der Waals surface area contributed by atoms with Crippen molar-refractivity contribution >= 4 is 15.9 Å². The van der Waals surface area contributed by atoms with Crippen LogP contribution >= 0.6 is 0 Å². The van der Waals surface area contributed by atoms with Gasteiger partial charge in [-0.2, -0.15) is 4.31 Å². The molecule has 28 heavy (non-hydrogen) atoms. The van der Waals surface area contributed by atoms with Gasteiger partial charge in [-0.15, -0.1) is 0 Å². The Morgan fingerprint density at radius 3 is 2.36 bits per heavy atom. The topological polar surface area (TPSA) is 84.9 Å². The average molecular weight is 407 g/mol. The van der Waals surface area contributed by atoms with E-state index in [2.05, 4.69) is 5.32 Å². The van der Waals surface area contributed by atoms with Crippen LogP contribution in [0, 0.1) is 0 Å². The molecule has 0 aliphatic heterocycles. The van der Waals surface area contributed by atoms with Crippen LogP contribution in [0.5, 0.6) is 11.5 Å². The molecule has 0 aromatic heterocycles. The monoisotopic (exact) mass is 406 g/mol. The number of ether oxygens (including phenoxy) is 2. The number of amides is 1. The number of likely N-dealkylation sites (N-methyl/N-ethyl adjacent to an activating group) is 1. The SMILES string of the molecule is COc1ccc(S(=O)(=O)N(C)CC(=O)NCCCc2cccc(OC)c2)cc1. The lowest BCUT2D eigenvalue weighted by Gasteiger charge is -2.17. The molecule has 0 saturated carbocycles. The van der Waals surface area contributed by atoms with Crippen LogP contribution in [0.1, 0.15) is 12.0 Å². The first kappa shape index (κ1) is 21.7. The molecule has 0 bridgehead atoms. The van der Waals surface area contributed by atoms with E-state index in [0.717, 1.165) is 28.5 Å². The first-order valence-corrected chi connectivity index (χ1v) is 10.3. The Morgan fingerprint density at radius 1 is 1.04 bits per heavy atom. The van der Waals surface area contributed by atoms with Gasteiger partial charge in [0, 0.05) is 13.6 Å². The van der Waals surface area contributed by atoms with Crippen molar-refractivity contribution in [2.75, 3.05) is 34.4 Å². The molecule has 2 aromatic carbocycles. The quantitative estimate of drug-likeness (QED) is 0.611. The molecular weight excluding hydrogens is 380 g/mol. The molecular formula is C20H26N2O5S. The van der Waals surface area contributed by atoms with Crippen molar-refractivity contribution in [3.05, 3.63) is 54.1 Å². The summed E-state index contributed by atoms with van der Waals surface area (Å²) in [6, 6.07) is 13.8. The maximum atomic E-state index is 12.5. The van der Waals surface area contributed by atoms with Crippen LogP contribution in [-0.4, -0.2) is 53.0 Å². The second kappa shape index (κ2) is 10.1. The molecule has 8 heteroatoms. The molecule has 0 fully saturated rings. The van der Waals surface area contributed by atoms with Crippen molar-refractivity contribution in [3.8, 4) is 11.5 Å². The van der Waals surface area contributed by atoms with E-state index in [1.54, 1.807) is 19.2 Å². The van der Waals surface area contributed by atoms with Crippen LogP contribution < -0.4 is 14.8 Å². The highest BCUT2D eigenvalue weighted by Crippen LogP contribution is 2.18. The largest absolute Gasteiger partial charge is 0.497 e. The number of nitrogens with one attached hydrogen (secondary N) is 1. The van der Waals surface area contributed by atoms with E-state index in [9.17, 15) is 13.2 Å². The Morgan fingerprint density at radius 2 is 1.71 bits per heavy atom. The molecule has 0 radical (unpaired) electrons. The maximum Gasteiger partial charge on any atom is 0.243 e. The fourth-order valence-electron chi connectivity index (χ4n) is 2.62. The molecule has 0 atom stereocenters. The van der Waals surface area contributed by atoms with E-state index in [-0.39, 0.29) is 17.3 Å². The van der Waals surface area contributed by atoms with Gasteiger partial charge >= 0.3 is 0 Å². The lowest BCUT2D eigenvalue weighted by Crippen LogP contribution is -2.38. The Labute approximate surface area is 166 Å². The summed E-state index contributed by atoms with van der Waals surface area (Å²) in [4.78, 5) is 12.2. The van der Waals surface area contributed by atoms with Gasteiger partial charge in [-0.05, 0) is 54.8 Å². The summed E-state index contributed by atoms with van der Waals surface area (Å²) in [6.45, 7) is 0.222. The number of methoxy groups -OCH3 is 2. The van der Waals surface area contributed by atoms with Crippen LogP contribution in [0.25, 0.3) is 0 Å².